The van der Waals surface area contributed by atoms with Crippen LogP contribution >= 0.6 is 7.82 Å². The second-order valence-corrected chi connectivity index (χ2v) is 13.7. The highest BCUT2D eigenvalue weighted by Crippen LogP contribution is 2.43. The molecule has 0 aromatic carbocycles. The molecule has 0 aromatic rings. The molecule has 0 amide bonds. The van der Waals surface area contributed by atoms with Crippen LogP contribution in [0.5, 0.6) is 0 Å². The lowest BCUT2D eigenvalue weighted by Gasteiger charge is -2.20. The van der Waals surface area contributed by atoms with Crippen molar-refractivity contribution in [1.82, 2.24) is 0 Å². The fraction of sp³-hybridized carbons (Fsp3) is 0.718. The number of ether oxygens (including phenoxy) is 2. The van der Waals surface area contributed by atoms with Gasteiger partial charge in [0, 0.05) is 13.0 Å². The van der Waals surface area contributed by atoms with Crippen LogP contribution in [0.25, 0.3) is 0 Å². The average Bonchev–Trinajstić information content (AvgIpc) is 3.09. The molecule has 49 heavy (non-hydrogen) atoms. The minimum absolute atomic E-state index is 0.0253. The van der Waals surface area contributed by atoms with Crippen LogP contribution in [0.3, 0.4) is 0 Å². The second-order valence-electron chi connectivity index (χ2n) is 12.2. The van der Waals surface area contributed by atoms with Gasteiger partial charge < -0.3 is 24.6 Å². The Labute approximate surface area is 298 Å². The molecule has 0 aliphatic rings. The summed E-state index contributed by atoms with van der Waals surface area (Å²) < 4.78 is 33.1. The molecule has 284 valence electrons. The minimum atomic E-state index is -4.53. The van der Waals surface area contributed by atoms with Gasteiger partial charge in [-0.15, -0.1) is 0 Å². The van der Waals surface area contributed by atoms with Crippen LogP contribution in [0, 0.1) is 0 Å². The van der Waals surface area contributed by atoms with E-state index >= 15 is 0 Å². The first kappa shape index (κ1) is 47.2. The van der Waals surface area contributed by atoms with E-state index < -0.39 is 45.8 Å². The number of carbonyl (C=O) groups excluding carboxylic acids is 1. The summed E-state index contributed by atoms with van der Waals surface area (Å²) in [6.07, 6.45) is 39.0. The van der Waals surface area contributed by atoms with Crippen molar-refractivity contribution >= 4 is 13.8 Å². The average molecular weight is 713 g/mol. The van der Waals surface area contributed by atoms with Crippen molar-refractivity contribution in [3.63, 3.8) is 0 Å². The normalized spacial score (nSPS) is 15.0. The highest BCUT2D eigenvalue weighted by Gasteiger charge is 2.26. The van der Waals surface area contributed by atoms with E-state index in [1.807, 2.05) is 6.08 Å². The predicted molar refractivity (Wildman–Crippen MR) is 200 cm³/mol. The maximum absolute atomic E-state index is 12.5. The van der Waals surface area contributed by atoms with Gasteiger partial charge in [-0.25, -0.2) is 4.57 Å². The van der Waals surface area contributed by atoms with Crippen molar-refractivity contribution in [3.8, 4) is 0 Å². The van der Waals surface area contributed by atoms with Gasteiger partial charge >= 0.3 is 13.8 Å². The van der Waals surface area contributed by atoms with E-state index in [1.165, 1.54) is 51.4 Å². The third kappa shape index (κ3) is 35.8. The van der Waals surface area contributed by atoms with E-state index in [0.717, 1.165) is 57.8 Å². The Morgan fingerprint density at radius 2 is 1.14 bits per heavy atom. The lowest BCUT2D eigenvalue weighted by atomic mass is 10.1. The number of esters is 1. The molecule has 0 rings (SSSR count). The largest absolute Gasteiger partial charge is 0.472 e. The molecule has 0 bridgehead atoms. The van der Waals surface area contributed by atoms with Crippen LogP contribution in [-0.4, -0.2) is 66.3 Å². The van der Waals surface area contributed by atoms with E-state index in [9.17, 15) is 19.4 Å². The molecule has 3 atom stereocenters. The highest BCUT2D eigenvalue weighted by atomic mass is 31.2. The zero-order chi connectivity index (χ0) is 36.1. The molecular weight excluding hydrogens is 643 g/mol. The number of aliphatic hydroxyl groups is 2. The molecule has 9 nitrogen and oxygen atoms in total. The van der Waals surface area contributed by atoms with Crippen LogP contribution in [-0.2, 0) is 27.9 Å². The monoisotopic (exact) mass is 712 g/mol. The first-order valence-corrected chi connectivity index (χ1v) is 20.3. The third-order valence-electron chi connectivity index (χ3n) is 7.47. The van der Waals surface area contributed by atoms with Gasteiger partial charge in [-0.05, 0) is 51.4 Å². The number of allylic oxidation sites excluding steroid dienone is 10. The maximum Gasteiger partial charge on any atom is 0.472 e. The van der Waals surface area contributed by atoms with Gasteiger partial charge in [0.15, 0.2) is 0 Å². The molecule has 0 saturated carbocycles. The summed E-state index contributed by atoms with van der Waals surface area (Å²) in [5.74, 6) is -0.441. The van der Waals surface area contributed by atoms with Crippen molar-refractivity contribution in [2.24, 2.45) is 0 Å². The van der Waals surface area contributed by atoms with Crippen molar-refractivity contribution in [3.05, 3.63) is 60.8 Å². The van der Waals surface area contributed by atoms with E-state index in [2.05, 4.69) is 68.5 Å². The molecule has 0 radical (unpaired) electrons. The van der Waals surface area contributed by atoms with Gasteiger partial charge in [0.2, 0.25) is 0 Å². The van der Waals surface area contributed by atoms with Gasteiger partial charge in [0.25, 0.3) is 0 Å². The van der Waals surface area contributed by atoms with E-state index in [1.54, 1.807) is 0 Å². The Morgan fingerprint density at radius 3 is 1.67 bits per heavy atom. The molecule has 0 saturated heterocycles. The van der Waals surface area contributed by atoms with Gasteiger partial charge in [-0.3, -0.25) is 13.8 Å². The predicted octanol–water partition coefficient (Wildman–Crippen LogP) is 9.63. The molecule has 0 fully saturated rings. The van der Waals surface area contributed by atoms with Gasteiger partial charge in [0.1, 0.15) is 12.2 Å². The van der Waals surface area contributed by atoms with Crippen LogP contribution < -0.4 is 0 Å². The summed E-state index contributed by atoms with van der Waals surface area (Å²) in [5, 5.41) is 18.3. The number of phosphoric acid groups is 1. The summed E-state index contributed by atoms with van der Waals surface area (Å²) in [6.45, 7) is 3.30. The molecular formula is C39H69O9P. The van der Waals surface area contributed by atoms with Crippen LogP contribution in [0.2, 0.25) is 0 Å². The van der Waals surface area contributed by atoms with Crippen molar-refractivity contribution in [2.45, 2.75) is 148 Å². The number of hydrogen-bond donors (Lipinski definition) is 3. The molecule has 0 aliphatic heterocycles. The van der Waals surface area contributed by atoms with E-state index in [4.69, 9.17) is 23.6 Å². The fourth-order valence-electron chi connectivity index (χ4n) is 4.62. The summed E-state index contributed by atoms with van der Waals surface area (Å²) in [7, 11) is -4.53. The first-order chi connectivity index (χ1) is 23.8. The number of phosphoric ester groups is 1. The van der Waals surface area contributed by atoms with E-state index in [0.29, 0.717) is 13.0 Å². The zero-order valence-corrected chi connectivity index (χ0v) is 31.5. The lowest BCUT2D eigenvalue weighted by molar-refractivity contribution is -0.154. The third-order valence-corrected chi connectivity index (χ3v) is 8.42. The Morgan fingerprint density at radius 1 is 0.653 bits per heavy atom. The summed E-state index contributed by atoms with van der Waals surface area (Å²) in [5.41, 5.74) is 0. The number of unbranched alkanes of at least 4 members (excludes halogenated alkanes) is 11. The van der Waals surface area contributed by atoms with Crippen molar-refractivity contribution in [1.29, 1.82) is 0 Å². The lowest BCUT2D eigenvalue weighted by Crippen LogP contribution is -2.29. The Hall–Kier alpha value is -1.84. The molecule has 0 aliphatic carbocycles. The highest BCUT2D eigenvalue weighted by molar-refractivity contribution is 7.47. The number of aliphatic hydroxyl groups excluding tert-OH is 2. The van der Waals surface area contributed by atoms with Crippen LogP contribution in [0.1, 0.15) is 136 Å². The van der Waals surface area contributed by atoms with Crippen molar-refractivity contribution in [2.75, 3.05) is 33.0 Å². The quantitative estimate of drug-likeness (QED) is 0.0254. The van der Waals surface area contributed by atoms with Gasteiger partial charge in [-0.1, -0.05) is 139 Å². The number of hydrogen-bond acceptors (Lipinski definition) is 8. The van der Waals surface area contributed by atoms with Gasteiger partial charge in [0.05, 0.1) is 26.4 Å². The molecule has 0 aromatic heterocycles. The standard InChI is InChI=1S/C39H69O9P/c1-3-5-7-9-11-13-15-16-17-18-19-20-21-23-25-27-29-31-39(42)48-38(36-47-49(43,44)46-34-37(41)33-40)35-45-32-30-28-26-24-22-14-12-10-8-6-4-2/h5,7,11,13,16-17,19-20,23,25,37-38,40-41H,3-4,6,8-10,12,14-15,18,21-22,24,26-36H2,1-2H3,(H,43,44)/b7-5-,13-11-,17-16-,20-19-,25-23-. The SMILES string of the molecule is CC/C=C\C/C=C\C/C=C\C/C=C\C/C=C\CCCC(=O)OC(COCCCCCCCCCCCCC)COP(=O)(O)OCC(O)CO. The van der Waals surface area contributed by atoms with Crippen LogP contribution in [0.4, 0.5) is 0 Å². The molecule has 10 heteroatoms. The minimum Gasteiger partial charge on any atom is -0.457 e. The summed E-state index contributed by atoms with van der Waals surface area (Å²) in [4.78, 5) is 22.4. The smallest absolute Gasteiger partial charge is 0.457 e. The number of carbonyl (C=O) groups is 1. The Balaban J connectivity index is 4.36. The van der Waals surface area contributed by atoms with Gasteiger partial charge in [-0.2, -0.15) is 0 Å². The zero-order valence-electron chi connectivity index (χ0n) is 30.6. The maximum atomic E-state index is 12.5. The molecule has 3 N–H and O–H groups in total. The summed E-state index contributed by atoms with van der Waals surface area (Å²) in [6, 6.07) is 0. The molecule has 0 spiro atoms. The van der Waals surface area contributed by atoms with Crippen LogP contribution in [0.15, 0.2) is 60.8 Å². The molecule has 0 heterocycles. The van der Waals surface area contributed by atoms with Crippen molar-refractivity contribution < 1.29 is 43.0 Å². The fourth-order valence-corrected chi connectivity index (χ4v) is 5.41. The topological polar surface area (TPSA) is 132 Å². The number of rotatable bonds is 35. The molecule has 3 unspecified atom stereocenters. The Bertz CT molecular complexity index is 945. The second kappa shape index (κ2) is 36.0. The Kier molecular flexibility index (Phi) is 34.6. The summed E-state index contributed by atoms with van der Waals surface area (Å²) >= 11 is 0. The first-order valence-electron chi connectivity index (χ1n) is 18.8. The van der Waals surface area contributed by atoms with E-state index in [-0.39, 0.29) is 13.0 Å².